The number of hydrogen-bond donors (Lipinski definition) is 7. The van der Waals surface area contributed by atoms with E-state index in [1.54, 1.807) is 11.1 Å². The van der Waals surface area contributed by atoms with Gasteiger partial charge < -0.3 is 46.0 Å². The molecule has 1 atom stereocenters. The number of pyridine rings is 2. The zero-order valence-electron chi connectivity index (χ0n) is 45.5. The van der Waals surface area contributed by atoms with Gasteiger partial charge in [-0.25, -0.2) is 19.4 Å². The van der Waals surface area contributed by atoms with Crippen LogP contribution in [0.2, 0.25) is 0 Å². The number of amides is 3. The van der Waals surface area contributed by atoms with E-state index >= 15 is 0 Å². The van der Waals surface area contributed by atoms with Gasteiger partial charge in [0.2, 0.25) is 0 Å². The number of carbonyl (C=O) groups excluding carboxylic acids is 3. The Bertz CT molecular complexity index is 3250. The zero-order valence-corrected chi connectivity index (χ0v) is 45.5. The summed E-state index contributed by atoms with van der Waals surface area (Å²) in [5, 5.41) is 23.2. The molecule has 0 aliphatic carbocycles. The topological polar surface area (TPSA) is 265 Å². The predicted molar refractivity (Wildman–Crippen MR) is 296 cm³/mol. The maximum absolute atomic E-state index is 12.8. The van der Waals surface area contributed by atoms with Crippen molar-refractivity contribution in [2.24, 2.45) is 5.73 Å². The third-order valence-corrected chi connectivity index (χ3v) is 12.7. The number of fused-ring (bicyclic) bond motifs is 2. The molecular weight excluding hydrogens is 963 g/mol. The molecule has 1 saturated heterocycles. The summed E-state index contributed by atoms with van der Waals surface area (Å²) in [6.07, 6.45) is 13.0. The number of nitrogens with zero attached hydrogens (tertiary/aromatic N) is 8. The quantitative estimate of drug-likeness (QED) is 0.0506. The van der Waals surface area contributed by atoms with E-state index in [2.05, 4.69) is 100 Å². The second-order valence-electron chi connectivity index (χ2n) is 19.3. The Morgan fingerprint density at radius 3 is 1.95 bits per heavy atom. The fourth-order valence-electron chi connectivity index (χ4n) is 8.76. The molecule has 0 saturated carbocycles. The Labute approximate surface area is 443 Å². The number of benzene rings is 2. The molecule has 7 heterocycles. The molecule has 0 bridgehead atoms. The van der Waals surface area contributed by atoms with Crippen molar-refractivity contribution in [3.05, 3.63) is 107 Å². The van der Waals surface area contributed by atoms with E-state index in [9.17, 15) is 14.4 Å². The van der Waals surface area contributed by atoms with Gasteiger partial charge in [0.05, 0.1) is 30.0 Å². The molecule has 1 aliphatic heterocycles. The van der Waals surface area contributed by atoms with Crippen LogP contribution in [0.3, 0.4) is 0 Å². The fraction of sp³-hybridized carbons (Fsp3) is 0.411. The van der Waals surface area contributed by atoms with Gasteiger partial charge in [-0.2, -0.15) is 10.2 Å². The van der Waals surface area contributed by atoms with E-state index in [-0.39, 0.29) is 24.1 Å². The highest BCUT2D eigenvalue weighted by Crippen LogP contribution is 2.36. The van der Waals surface area contributed by atoms with Crippen molar-refractivity contribution in [3.63, 3.8) is 0 Å². The molecule has 9 rings (SSSR count). The Morgan fingerprint density at radius 1 is 0.776 bits per heavy atom. The molecule has 1 aliphatic rings. The lowest BCUT2D eigenvalue weighted by Gasteiger charge is -2.27. The summed E-state index contributed by atoms with van der Waals surface area (Å²) < 4.78 is 13.6. The first-order valence-electron chi connectivity index (χ1n) is 26.2. The average molecular weight is 1040 g/mol. The van der Waals surface area contributed by atoms with E-state index in [1.807, 2.05) is 84.7 Å². The SMILES string of the molecule is CCN.CCNC(=O)c1cnc(-c2nn(C3CCCCO3)c3ccc(-c4cncc(CN(CC)C(=O)OC(C)(C)C)c4C)cc23)[nH]1.CCNCc1cncc(-c2ccc3[nH]nc(-c4ncc(C(=O)NCC)[nH]4)c3c2)c1C. The van der Waals surface area contributed by atoms with Gasteiger partial charge in [-0.3, -0.25) is 24.7 Å². The number of rotatable bonds is 15. The Hall–Kier alpha value is -7.81. The summed E-state index contributed by atoms with van der Waals surface area (Å²) in [6.45, 7) is 24.6. The molecule has 6 aromatic heterocycles. The van der Waals surface area contributed by atoms with Gasteiger partial charge >= 0.3 is 6.09 Å². The second-order valence-corrected chi connectivity index (χ2v) is 19.3. The van der Waals surface area contributed by atoms with Gasteiger partial charge in [0.15, 0.2) is 17.9 Å². The molecule has 0 radical (unpaired) electrons. The molecule has 1 fully saturated rings. The molecular formula is C56H73N15O5. The van der Waals surface area contributed by atoms with Crippen molar-refractivity contribution >= 4 is 39.7 Å². The lowest BCUT2D eigenvalue weighted by atomic mass is 9.97. The predicted octanol–water partition coefficient (Wildman–Crippen LogP) is 9.15. The fourth-order valence-corrected chi connectivity index (χ4v) is 8.76. The molecule has 3 amide bonds. The van der Waals surface area contributed by atoms with E-state index in [0.29, 0.717) is 67.2 Å². The second kappa shape index (κ2) is 25.6. The van der Waals surface area contributed by atoms with Crippen molar-refractivity contribution in [1.29, 1.82) is 0 Å². The minimum absolute atomic E-state index is 0.173. The number of carbonyl (C=O) groups is 3. The molecule has 8 aromatic rings. The van der Waals surface area contributed by atoms with Crippen molar-refractivity contribution in [2.75, 3.05) is 39.3 Å². The van der Waals surface area contributed by atoms with E-state index < -0.39 is 5.60 Å². The largest absolute Gasteiger partial charge is 0.444 e. The van der Waals surface area contributed by atoms with Crippen LogP contribution in [0, 0.1) is 13.8 Å². The first-order chi connectivity index (χ1) is 36.6. The highest BCUT2D eigenvalue weighted by atomic mass is 16.6. The van der Waals surface area contributed by atoms with E-state index in [0.717, 1.165) is 94.1 Å². The van der Waals surface area contributed by atoms with Crippen LogP contribution in [-0.4, -0.2) is 118 Å². The van der Waals surface area contributed by atoms with Crippen molar-refractivity contribution < 1.29 is 23.9 Å². The summed E-state index contributed by atoms with van der Waals surface area (Å²) in [7, 11) is 0. The van der Waals surface area contributed by atoms with Gasteiger partial charge in [-0.15, -0.1) is 0 Å². The lowest BCUT2D eigenvalue weighted by Crippen LogP contribution is -2.36. The molecule has 0 spiro atoms. The number of hydrogen-bond acceptors (Lipinski definition) is 13. The van der Waals surface area contributed by atoms with Gasteiger partial charge in [-0.05, 0) is 145 Å². The third kappa shape index (κ3) is 13.2. The van der Waals surface area contributed by atoms with Crippen molar-refractivity contribution in [2.45, 2.75) is 113 Å². The van der Waals surface area contributed by atoms with Crippen molar-refractivity contribution in [1.82, 2.24) is 70.7 Å². The third-order valence-electron chi connectivity index (χ3n) is 12.7. The van der Waals surface area contributed by atoms with Gasteiger partial charge in [0.1, 0.15) is 28.4 Å². The number of aromatic nitrogens is 10. The molecule has 20 nitrogen and oxygen atoms in total. The highest BCUT2D eigenvalue weighted by molar-refractivity contribution is 5.98. The minimum atomic E-state index is -0.575. The standard InChI is InChI=1S/C32H41N7O4.C22H25N7O.C2H7N/c1-7-34-30(40)25-18-35-29(36-25)28-23-15-21(12-13-26(23)39(37-28)27-11-9-10-14-42-27)24-17-33-16-22(20(24)3)19-38(8-2)31(41)43-32(4,5)6;1-4-23-9-15-10-24-11-17(13(15)3)14-6-7-18-16(8-14)20(29-28-18)21-26-12-19(27-21)22(30)25-5-2;1-2-3/h12-13,15-18,27H,7-11,14,19H2,1-6H3,(H,34,40)(H,35,36);6-8,10-12,23H,4-5,9H2,1-3H3,(H,25,30)(H,26,27)(H,28,29);2-3H2,1H3. The first kappa shape index (κ1) is 55.9. The van der Waals surface area contributed by atoms with Gasteiger partial charge in [-0.1, -0.05) is 26.0 Å². The van der Waals surface area contributed by atoms with E-state index in [1.165, 1.54) is 23.5 Å². The number of ether oxygens (including phenoxy) is 2. The Kier molecular flexibility index (Phi) is 18.9. The summed E-state index contributed by atoms with van der Waals surface area (Å²) >= 11 is 0. The number of nitrogens with one attached hydrogen (secondary N) is 6. The van der Waals surface area contributed by atoms with Crippen LogP contribution in [0.25, 0.3) is 67.1 Å². The van der Waals surface area contributed by atoms with Gasteiger partial charge in [0, 0.05) is 79.5 Å². The average Bonchev–Trinajstić information content (AvgIpc) is 4.26. The molecule has 2 aromatic carbocycles. The number of H-pyrrole nitrogens is 3. The van der Waals surface area contributed by atoms with Crippen molar-refractivity contribution in [3.8, 4) is 45.3 Å². The van der Waals surface area contributed by atoms with Crippen LogP contribution < -0.4 is 21.7 Å². The van der Waals surface area contributed by atoms with Crippen LogP contribution >= 0.6 is 0 Å². The Morgan fingerprint density at radius 2 is 1.37 bits per heavy atom. The van der Waals surface area contributed by atoms with Crippen LogP contribution in [0.15, 0.2) is 73.6 Å². The maximum Gasteiger partial charge on any atom is 0.410 e. The summed E-state index contributed by atoms with van der Waals surface area (Å²) in [5.41, 5.74) is 16.6. The minimum Gasteiger partial charge on any atom is -0.444 e. The first-order valence-corrected chi connectivity index (χ1v) is 26.2. The molecule has 1 unspecified atom stereocenters. The monoisotopic (exact) mass is 1040 g/mol. The molecule has 8 N–H and O–H groups in total. The number of aromatic amines is 3. The highest BCUT2D eigenvalue weighted by Gasteiger charge is 2.26. The summed E-state index contributed by atoms with van der Waals surface area (Å²) in [5.74, 6) is 0.663. The molecule has 76 heavy (non-hydrogen) atoms. The number of nitrogens with two attached hydrogens (primary N) is 1. The van der Waals surface area contributed by atoms with Crippen LogP contribution in [0.5, 0.6) is 0 Å². The number of imidazole rings is 2. The summed E-state index contributed by atoms with van der Waals surface area (Å²) in [4.78, 5) is 63.1. The molecule has 20 heteroatoms. The Balaban J connectivity index is 0.000000222. The smallest absolute Gasteiger partial charge is 0.410 e. The normalized spacial score (nSPS) is 13.4. The van der Waals surface area contributed by atoms with Crippen LogP contribution in [-0.2, 0) is 22.6 Å². The van der Waals surface area contributed by atoms with E-state index in [4.69, 9.17) is 20.3 Å². The maximum atomic E-state index is 12.8. The van der Waals surface area contributed by atoms with Crippen LogP contribution in [0.4, 0.5) is 4.79 Å². The summed E-state index contributed by atoms with van der Waals surface area (Å²) in [6, 6.07) is 12.4. The lowest BCUT2D eigenvalue weighted by molar-refractivity contribution is -0.0365. The van der Waals surface area contributed by atoms with Gasteiger partial charge in [0.25, 0.3) is 11.8 Å². The zero-order chi connectivity index (χ0) is 54.5. The van der Waals surface area contributed by atoms with Crippen LogP contribution in [0.1, 0.15) is 124 Å². The molecule has 402 valence electrons.